The zero-order valence-electron chi connectivity index (χ0n) is 14.6. The zero-order valence-corrected chi connectivity index (χ0v) is 14.6. The maximum atomic E-state index is 12.0. The second kappa shape index (κ2) is 7.99. The van der Waals surface area contributed by atoms with Crippen LogP contribution in [0.15, 0.2) is 18.2 Å². The van der Waals surface area contributed by atoms with Crippen LogP contribution in [0.2, 0.25) is 0 Å². The summed E-state index contributed by atoms with van der Waals surface area (Å²) >= 11 is 0. The molecule has 0 saturated carbocycles. The Morgan fingerprint density at radius 2 is 1.78 bits per heavy atom. The number of hydrogen-bond acceptors (Lipinski definition) is 3. The fraction of sp³-hybridized carbons (Fsp3) is 0.556. The predicted octanol–water partition coefficient (Wildman–Crippen LogP) is 3.60. The highest BCUT2D eigenvalue weighted by molar-refractivity contribution is 5.69. The van der Waals surface area contributed by atoms with Crippen LogP contribution in [-0.2, 0) is 16.0 Å². The van der Waals surface area contributed by atoms with Gasteiger partial charge in [-0.25, -0.2) is 4.79 Å². The fourth-order valence-electron chi connectivity index (χ4n) is 2.41. The molecule has 0 aromatic heterocycles. The van der Waals surface area contributed by atoms with E-state index in [1.54, 1.807) is 20.8 Å². The first kappa shape index (κ1) is 19.0. The first-order valence-electron chi connectivity index (χ1n) is 7.85. The highest BCUT2D eigenvalue weighted by Crippen LogP contribution is 2.17. The SMILES string of the molecule is Cc1cccc(C)c1CC(CCC(=O)O)NC(=O)OC(C)(C)C. The number of amides is 1. The Hall–Kier alpha value is -2.04. The van der Waals surface area contributed by atoms with Gasteiger partial charge < -0.3 is 15.2 Å². The summed E-state index contributed by atoms with van der Waals surface area (Å²) < 4.78 is 5.28. The van der Waals surface area contributed by atoms with Crippen LogP contribution in [0.4, 0.5) is 4.79 Å². The molecule has 2 N–H and O–H groups in total. The van der Waals surface area contributed by atoms with E-state index in [-0.39, 0.29) is 12.5 Å². The molecule has 128 valence electrons. The average molecular weight is 321 g/mol. The number of benzene rings is 1. The normalized spacial score (nSPS) is 12.6. The van der Waals surface area contributed by atoms with Crippen LogP contribution in [0.5, 0.6) is 0 Å². The van der Waals surface area contributed by atoms with Gasteiger partial charge in [-0.2, -0.15) is 0 Å². The molecule has 5 nitrogen and oxygen atoms in total. The molecule has 1 atom stereocenters. The molecule has 0 aliphatic carbocycles. The number of aliphatic carboxylic acids is 1. The van der Waals surface area contributed by atoms with Crippen LogP contribution >= 0.6 is 0 Å². The summed E-state index contributed by atoms with van der Waals surface area (Å²) in [6.45, 7) is 9.42. The number of carboxylic acid groups (broad SMARTS) is 1. The number of alkyl carbamates (subject to hydrolysis) is 1. The lowest BCUT2D eigenvalue weighted by molar-refractivity contribution is -0.137. The number of carbonyl (C=O) groups excluding carboxylic acids is 1. The van der Waals surface area contributed by atoms with E-state index in [1.165, 1.54) is 0 Å². The van der Waals surface area contributed by atoms with Crippen molar-refractivity contribution in [3.05, 3.63) is 34.9 Å². The van der Waals surface area contributed by atoms with Crippen molar-refractivity contribution in [3.8, 4) is 0 Å². The van der Waals surface area contributed by atoms with Gasteiger partial charge in [0.15, 0.2) is 0 Å². The summed E-state index contributed by atoms with van der Waals surface area (Å²) in [5.74, 6) is -0.873. The quantitative estimate of drug-likeness (QED) is 0.839. The van der Waals surface area contributed by atoms with Gasteiger partial charge in [0, 0.05) is 12.5 Å². The van der Waals surface area contributed by atoms with Crippen LogP contribution in [0.1, 0.15) is 50.3 Å². The van der Waals surface area contributed by atoms with Crippen LogP contribution in [0.25, 0.3) is 0 Å². The standard InChI is InChI=1S/C18H27NO4/c1-12-7-6-8-13(2)15(12)11-14(9-10-16(20)21)19-17(22)23-18(3,4)5/h6-8,14H,9-11H2,1-5H3,(H,19,22)(H,20,21). The van der Waals surface area contributed by atoms with Crippen LogP contribution in [-0.4, -0.2) is 28.8 Å². The fourth-order valence-corrected chi connectivity index (χ4v) is 2.41. The van der Waals surface area contributed by atoms with Crippen molar-refractivity contribution in [2.45, 2.75) is 65.5 Å². The van der Waals surface area contributed by atoms with E-state index in [9.17, 15) is 9.59 Å². The molecule has 0 spiro atoms. The van der Waals surface area contributed by atoms with Crippen molar-refractivity contribution in [1.82, 2.24) is 5.32 Å². The van der Waals surface area contributed by atoms with Gasteiger partial charge in [0.2, 0.25) is 0 Å². The van der Waals surface area contributed by atoms with Crippen molar-refractivity contribution in [2.24, 2.45) is 0 Å². The minimum absolute atomic E-state index is 0.00535. The molecule has 1 amide bonds. The molecule has 0 fully saturated rings. The summed E-state index contributed by atoms with van der Waals surface area (Å²) in [6.07, 6.45) is 0.442. The number of carboxylic acids is 1. The highest BCUT2D eigenvalue weighted by atomic mass is 16.6. The van der Waals surface area contributed by atoms with Crippen molar-refractivity contribution >= 4 is 12.1 Å². The molecular formula is C18H27NO4. The van der Waals surface area contributed by atoms with Gasteiger partial charge in [0.25, 0.3) is 0 Å². The van der Waals surface area contributed by atoms with E-state index in [0.717, 1.165) is 16.7 Å². The Morgan fingerprint density at radius 1 is 1.22 bits per heavy atom. The first-order valence-corrected chi connectivity index (χ1v) is 7.85. The average Bonchev–Trinajstić information content (AvgIpc) is 2.37. The van der Waals surface area contributed by atoms with E-state index < -0.39 is 17.7 Å². The van der Waals surface area contributed by atoms with Crippen LogP contribution in [0, 0.1) is 13.8 Å². The third-order valence-corrected chi connectivity index (χ3v) is 3.52. The minimum atomic E-state index is -0.873. The van der Waals surface area contributed by atoms with Gasteiger partial charge in [-0.1, -0.05) is 18.2 Å². The Bertz CT molecular complexity index is 540. The molecule has 0 aliphatic heterocycles. The van der Waals surface area contributed by atoms with Crippen LogP contribution in [0.3, 0.4) is 0 Å². The second-order valence-electron chi connectivity index (χ2n) is 6.85. The lowest BCUT2D eigenvalue weighted by atomic mass is 9.94. The molecule has 0 radical (unpaired) electrons. The number of carbonyl (C=O) groups is 2. The van der Waals surface area contributed by atoms with Crippen molar-refractivity contribution < 1.29 is 19.4 Å². The monoisotopic (exact) mass is 321 g/mol. The van der Waals surface area contributed by atoms with Gasteiger partial charge in [-0.05, 0) is 64.2 Å². The summed E-state index contributed by atoms with van der Waals surface area (Å²) in [4.78, 5) is 22.9. The number of rotatable bonds is 6. The molecule has 1 unspecified atom stereocenters. The molecule has 5 heteroatoms. The van der Waals surface area contributed by atoms with E-state index >= 15 is 0 Å². The largest absolute Gasteiger partial charge is 0.481 e. The van der Waals surface area contributed by atoms with Gasteiger partial charge in [0.1, 0.15) is 5.60 Å². The molecule has 1 aromatic rings. The molecule has 0 bridgehead atoms. The Labute approximate surface area is 138 Å². The lowest BCUT2D eigenvalue weighted by Gasteiger charge is -2.24. The number of ether oxygens (including phenoxy) is 1. The summed E-state index contributed by atoms with van der Waals surface area (Å²) in [7, 11) is 0. The molecule has 0 aliphatic rings. The first-order chi connectivity index (χ1) is 10.6. The highest BCUT2D eigenvalue weighted by Gasteiger charge is 2.21. The van der Waals surface area contributed by atoms with E-state index in [0.29, 0.717) is 12.8 Å². The van der Waals surface area contributed by atoms with E-state index in [1.807, 2.05) is 32.0 Å². The number of aryl methyl sites for hydroxylation is 2. The van der Waals surface area contributed by atoms with E-state index in [2.05, 4.69) is 5.32 Å². The van der Waals surface area contributed by atoms with Gasteiger partial charge in [-0.3, -0.25) is 4.79 Å². The molecule has 0 heterocycles. The number of hydrogen-bond donors (Lipinski definition) is 2. The van der Waals surface area contributed by atoms with Crippen LogP contribution < -0.4 is 5.32 Å². The molecule has 1 aromatic carbocycles. The van der Waals surface area contributed by atoms with Crippen molar-refractivity contribution in [2.75, 3.05) is 0 Å². The predicted molar refractivity (Wildman–Crippen MR) is 89.6 cm³/mol. The van der Waals surface area contributed by atoms with Crippen molar-refractivity contribution in [3.63, 3.8) is 0 Å². The summed E-state index contributed by atoms with van der Waals surface area (Å²) in [6, 6.07) is 5.75. The van der Waals surface area contributed by atoms with E-state index in [4.69, 9.17) is 9.84 Å². The maximum Gasteiger partial charge on any atom is 0.407 e. The summed E-state index contributed by atoms with van der Waals surface area (Å²) in [5.41, 5.74) is 2.83. The Kier molecular flexibility index (Phi) is 6.61. The van der Waals surface area contributed by atoms with Crippen molar-refractivity contribution in [1.29, 1.82) is 0 Å². The third-order valence-electron chi connectivity index (χ3n) is 3.52. The third kappa shape index (κ3) is 7.17. The van der Waals surface area contributed by atoms with Gasteiger partial charge in [0.05, 0.1) is 0 Å². The second-order valence-corrected chi connectivity index (χ2v) is 6.85. The molecule has 23 heavy (non-hydrogen) atoms. The smallest absolute Gasteiger partial charge is 0.407 e. The molecule has 0 saturated heterocycles. The molecule has 1 rings (SSSR count). The van der Waals surface area contributed by atoms with Gasteiger partial charge >= 0.3 is 12.1 Å². The topological polar surface area (TPSA) is 75.6 Å². The lowest BCUT2D eigenvalue weighted by Crippen LogP contribution is -2.40. The molecular weight excluding hydrogens is 294 g/mol. The Morgan fingerprint density at radius 3 is 2.26 bits per heavy atom. The maximum absolute atomic E-state index is 12.0. The summed E-state index contributed by atoms with van der Waals surface area (Å²) in [5, 5.41) is 11.7. The number of nitrogens with one attached hydrogen (secondary N) is 1. The zero-order chi connectivity index (χ0) is 17.6. The Balaban J connectivity index is 2.84. The minimum Gasteiger partial charge on any atom is -0.481 e. The van der Waals surface area contributed by atoms with Gasteiger partial charge in [-0.15, -0.1) is 0 Å².